The number of nitrogens with zero attached hydrogens (tertiary/aromatic N) is 3. The molecular formula is C20H25N3O4S. The first kappa shape index (κ1) is 20.4. The molecule has 2 fully saturated rings. The lowest BCUT2D eigenvalue weighted by molar-refractivity contribution is -0.135. The monoisotopic (exact) mass is 403 g/mol. The Bertz CT molecular complexity index is 768. The SMILES string of the molecule is CCN(CC)C(=O)CN1C(=O)S/C(=C\c2ccc(N3CCOCC3)cc2)C1=O. The van der Waals surface area contributed by atoms with Gasteiger partial charge in [-0.3, -0.25) is 19.3 Å². The van der Waals surface area contributed by atoms with Gasteiger partial charge in [-0.15, -0.1) is 0 Å². The highest BCUT2D eigenvalue weighted by atomic mass is 32.2. The number of amides is 3. The smallest absolute Gasteiger partial charge is 0.294 e. The molecule has 8 heteroatoms. The molecule has 2 aliphatic rings. The lowest BCUT2D eigenvalue weighted by atomic mass is 10.1. The van der Waals surface area contributed by atoms with Gasteiger partial charge in [-0.05, 0) is 49.4 Å². The molecule has 3 rings (SSSR count). The summed E-state index contributed by atoms with van der Waals surface area (Å²) >= 11 is 0.879. The minimum Gasteiger partial charge on any atom is -0.378 e. The van der Waals surface area contributed by atoms with Crippen LogP contribution in [0.4, 0.5) is 10.5 Å². The van der Waals surface area contributed by atoms with Crippen molar-refractivity contribution in [1.29, 1.82) is 0 Å². The quantitative estimate of drug-likeness (QED) is 0.680. The number of hydrogen-bond acceptors (Lipinski definition) is 6. The van der Waals surface area contributed by atoms with E-state index in [0.29, 0.717) is 18.0 Å². The number of imide groups is 1. The van der Waals surface area contributed by atoms with Crippen LogP contribution in [0.2, 0.25) is 0 Å². The highest BCUT2D eigenvalue weighted by molar-refractivity contribution is 8.18. The minimum absolute atomic E-state index is 0.209. The van der Waals surface area contributed by atoms with E-state index in [9.17, 15) is 14.4 Å². The fourth-order valence-electron chi connectivity index (χ4n) is 3.20. The third-order valence-electron chi connectivity index (χ3n) is 4.85. The fourth-order valence-corrected chi connectivity index (χ4v) is 4.04. The fraction of sp³-hybridized carbons (Fsp3) is 0.450. The number of thioether (sulfide) groups is 1. The Morgan fingerprint density at radius 2 is 1.79 bits per heavy atom. The maximum atomic E-state index is 12.6. The van der Waals surface area contributed by atoms with Crippen LogP contribution in [0, 0.1) is 0 Å². The van der Waals surface area contributed by atoms with Gasteiger partial charge < -0.3 is 14.5 Å². The Morgan fingerprint density at radius 1 is 1.14 bits per heavy atom. The molecule has 28 heavy (non-hydrogen) atoms. The van der Waals surface area contributed by atoms with Crippen LogP contribution in [0.25, 0.3) is 6.08 Å². The van der Waals surface area contributed by atoms with Crippen molar-refractivity contribution < 1.29 is 19.1 Å². The van der Waals surface area contributed by atoms with Crippen LogP contribution in [0.3, 0.4) is 0 Å². The normalized spacial score (nSPS) is 18.9. The summed E-state index contributed by atoms with van der Waals surface area (Å²) in [4.78, 5) is 42.3. The number of hydrogen-bond donors (Lipinski definition) is 0. The second-order valence-electron chi connectivity index (χ2n) is 6.52. The average Bonchev–Trinajstić information content (AvgIpc) is 2.97. The van der Waals surface area contributed by atoms with E-state index in [0.717, 1.165) is 54.2 Å². The zero-order chi connectivity index (χ0) is 20.1. The first-order chi connectivity index (χ1) is 13.5. The van der Waals surface area contributed by atoms with E-state index in [4.69, 9.17) is 4.74 Å². The van der Waals surface area contributed by atoms with Crippen LogP contribution in [-0.4, -0.2) is 72.8 Å². The third-order valence-corrected chi connectivity index (χ3v) is 5.76. The lowest BCUT2D eigenvalue weighted by Crippen LogP contribution is -2.41. The second kappa shape index (κ2) is 9.25. The molecule has 0 aromatic heterocycles. The first-order valence-electron chi connectivity index (χ1n) is 9.49. The van der Waals surface area contributed by atoms with Crippen molar-refractivity contribution in [3.05, 3.63) is 34.7 Å². The van der Waals surface area contributed by atoms with Crippen LogP contribution in [0.15, 0.2) is 29.2 Å². The van der Waals surface area contributed by atoms with E-state index in [1.807, 2.05) is 38.1 Å². The predicted molar refractivity (Wildman–Crippen MR) is 110 cm³/mol. The molecule has 1 aromatic rings. The van der Waals surface area contributed by atoms with E-state index in [1.165, 1.54) is 0 Å². The summed E-state index contributed by atoms with van der Waals surface area (Å²) in [6.07, 6.45) is 1.70. The Labute approximate surface area is 169 Å². The summed E-state index contributed by atoms with van der Waals surface area (Å²) in [6.45, 7) is 7.80. The van der Waals surface area contributed by atoms with Gasteiger partial charge in [0.15, 0.2) is 0 Å². The van der Waals surface area contributed by atoms with Gasteiger partial charge in [0.25, 0.3) is 11.1 Å². The molecule has 7 nitrogen and oxygen atoms in total. The number of rotatable bonds is 6. The van der Waals surface area contributed by atoms with Gasteiger partial charge in [0.05, 0.1) is 18.1 Å². The molecule has 0 bridgehead atoms. The molecule has 0 unspecified atom stereocenters. The number of anilines is 1. The summed E-state index contributed by atoms with van der Waals surface area (Å²) in [5.41, 5.74) is 1.95. The van der Waals surface area contributed by atoms with Crippen LogP contribution in [0.1, 0.15) is 19.4 Å². The molecule has 2 heterocycles. The van der Waals surface area contributed by atoms with Crippen LogP contribution >= 0.6 is 11.8 Å². The molecular weight excluding hydrogens is 378 g/mol. The van der Waals surface area contributed by atoms with Crippen molar-refractivity contribution >= 4 is 40.6 Å². The summed E-state index contributed by atoms with van der Waals surface area (Å²) in [6, 6.07) is 7.87. The summed E-state index contributed by atoms with van der Waals surface area (Å²) in [5, 5.41) is -0.401. The van der Waals surface area contributed by atoms with Crippen LogP contribution in [-0.2, 0) is 14.3 Å². The highest BCUT2D eigenvalue weighted by Crippen LogP contribution is 2.32. The highest BCUT2D eigenvalue weighted by Gasteiger charge is 2.36. The number of carbonyl (C=O) groups excluding carboxylic acids is 3. The van der Waals surface area contributed by atoms with E-state index < -0.39 is 11.1 Å². The molecule has 2 saturated heterocycles. The molecule has 150 valence electrons. The summed E-state index contributed by atoms with van der Waals surface area (Å²) < 4.78 is 5.37. The van der Waals surface area contributed by atoms with Crippen LogP contribution in [0.5, 0.6) is 0 Å². The molecule has 0 aliphatic carbocycles. The number of morpholine rings is 1. The molecule has 0 spiro atoms. The molecule has 0 saturated carbocycles. The number of carbonyl (C=O) groups is 3. The predicted octanol–water partition coefficient (Wildman–Crippen LogP) is 2.43. The van der Waals surface area contributed by atoms with Crippen molar-refractivity contribution in [3.8, 4) is 0 Å². The van der Waals surface area contributed by atoms with Crippen molar-refractivity contribution in [2.24, 2.45) is 0 Å². The first-order valence-corrected chi connectivity index (χ1v) is 10.3. The molecule has 1 aromatic carbocycles. The zero-order valence-corrected chi connectivity index (χ0v) is 17.0. The Hall–Kier alpha value is -2.32. The molecule has 2 aliphatic heterocycles. The second-order valence-corrected chi connectivity index (χ2v) is 7.52. The zero-order valence-electron chi connectivity index (χ0n) is 16.2. The summed E-state index contributed by atoms with van der Waals surface area (Å²) in [5.74, 6) is -0.629. The minimum atomic E-state index is -0.409. The van der Waals surface area contributed by atoms with Gasteiger partial charge in [-0.1, -0.05) is 12.1 Å². The Kier molecular flexibility index (Phi) is 6.74. The summed E-state index contributed by atoms with van der Waals surface area (Å²) in [7, 11) is 0. The molecule has 0 atom stereocenters. The van der Waals surface area contributed by atoms with Gasteiger partial charge >= 0.3 is 0 Å². The van der Waals surface area contributed by atoms with Gasteiger partial charge in [0, 0.05) is 31.9 Å². The van der Waals surface area contributed by atoms with E-state index in [-0.39, 0.29) is 12.5 Å². The van der Waals surface area contributed by atoms with Crippen molar-refractivity contribution in [3.63, 3.8) is 0 Å². The van der Waals surface area contributed by atoms with Gasteiger partial charge in [0.1, 0.15) is 6.54 Å². The van der Waals surface area contributed by atoms with E-state index in [2.05, 4.69) is 4.90 Å². The number of benzene rings is 1. The number of likely N-dealkylation sites (N-methyl/N-ethyl adjacent to an activating group) is 1. The van der Waals surface area contributed by atoms with Gasteiger partial charge in [0.2, 0.25) is 5.91 Å². The van der Waals surface area contributed by atoms with E-state index in [1.54, 1.807) is 11.0 Å². The molecule has 3 amide bonds. The van der Waals surface area contributed by atoms with Crippen LogP contribution < -0.4 is 4.90 Å². The van der Waals surface area contributed by atoms with Crippen molar-refractivity contribution in [2.75, 3.05) is 50.8 Å². The molecule has 0 N–H and O–H groups in total. The average molecular weight is 404 g/mol. The third kappa shape index (κ3) is 4.56. The molecule has 0 radical (unpaired) electrons. The number of ether oxygens (including phenoxy) is 1. The van der Waals surface area contributed by atoms with Crippen molar-refractivity contribution in [1.82, 2.24) is 9.80 Å². The van der Waals surface area contributed by atoms with E-state index >= 15 is 0 Å². The largest absolute Gasteiger partial charge is 0.378 e. The topological polar surface area (TPSA) is 70.2 Å². The Morgan fingerprint density at radius 3 is 2.39 bits per heavy atom. The maximum Gasteiger partial charge on any atom is 0.294 e. The standard InChI is InChI=1S/C20H25N3O4S/c1-3-21(4-2)18(24)14-23-19(25)17(28-20(23)26)13-15-5-7-16(8-6-15)22-9-11-27-12-10-22/h5-8,13H,3-4,9-12,14H2,1-2H3/b17-13-. The van der Waals surface area contributed by atoms with Gasteiger partial charge in [-0.25, -0.2) is 0 Å². The lowest BCUT2D eigenvalue weighted by Gasteiger charge is -2.28. The van der Waals surface area contributed by atoms with Crippen molar-refractivity contribution in [2.45, 2.75) is 13.8 Å². The maximum absolute atomic E-state index is 12.6. The Balaban J connectivity index is 1.68. The van der Waals surface area contributed by atoms with Gasteiger partial charge in [-0.2, -0.15) is 0 Å².